The van der Waals surface area contributed by atoms with E-state index in [0.717, 1.165) is 55.2 Å². The molecule has 42 heavy (non-hydrogen) atoms. The van der Waals surface area contributed by atoms with E-state index in [1.807, 2.05) is 42.9 Å². The Kier molecular flexibility index (Phi) is 10.0. The minimum Gasteiger partial charge on any atom is -0.497 e. The highest BCUT2D eigenvalue weighted by molar-refractivity contribution is 5.95. The van der Waals surface area contributed by atoms with E-state index in [9.17, 15) is 14.7 Å². The summed E-state index contributed by atoms with van der Waals surface area (Å²) in [5.41, 5.74) is 0.894. The molecule has 4 rings (SSSR count). The normalized spacial score (nSPS) is 14.3. The van der Waals surface area contributed by atoms with Crippen LogP contribution in [0.3, 0.4) is 0 Å². The van der Waals surface area contributed by atoms with Gasteiger partial charge in [-0.3, -0.25) is 9.69 Å². The number of likely N-dealkylation sites (tertiary alicyclic amines) is 1. The number of piperidine rings is 1. The molecule has 10 heteroatoms. The minimum atomic E-state index is -1.46. The fourth-order valence-corrected chi connectivity index (χ4v) is 4.98. The summed E-state index contributed by atoms with van der Waals surface area (Å²) in [6, 6.07) is 12.9. The van der Waals surface area contributed by atoms with E-state index >= 15 is 0 Å². The lowest BCUT2D eigenvalue weighted by Gasteiger charge is -2.32. The van der Waals surface area contributed by atoms with Crippen LogP contribution in [0.5, 0.6) is 23.0 Å². The number of rotatable bonds is 13. The quantitative estimate of drug-likeness (QED) is 0.294. The first-order valence-electron chi connectivity index (χ1n) is 14.3. The molecule has 1 aromatic heterocycles. The molecule has 226 valence electrons. The van der Waals surface area contributed by atoms with E-state index in [1.165, 1.54) is 21.0 Å². The molecule has 0 atom stereocenters. The monoisotopic (exact) mass is 579 g/mol. The van der Waals surface area contributed by atoms with Crippen molar-refractivity contribution in [2.45, 2.75) is 58.7 Å². The zero-order chi connectivity index (χ0) is 30.3. The molecule has 0 saturated carbocycles. The first kappa shape index (κ1) is 30.8. The first-order chi connectivity index (χ1) is 20.1. The Balaban J connectivity index is 1.40. The van der Waals surface area contributed by atoms with Crippen molar-refractivity contribution in [2.24, 2.45) is 0 Å². The third-order valence-corrected chi connectivity index (χ3v) is 7.16. The standard InChI is InChI=1S/C32H41N3O7/c1-6-40-27-16-22(17-28(41-7-2)29(27)35-12-8-9-13-35)21-34-14-10-24(11-15-34)33-30(36)23-18-25(39-5)20-26(19-23)42-32(3,4)31(37)38/h8-9,12-13,16-20,24H,6-7,10-11,14-15,21H2,1-5H3,(H,33,36)(H,37,38). The fraction of sp³-hybridized carbons (Fsp3) is 0.438. The Morgan fingerprint density at radius 3 is 2.10 bits per heavy atom. The van der Waals surface area contributed by atoms with E-state index in [2.05, 4.69) is 22.3 Å². The van der Waals surface area contributed by atoms with Gasteiger partial charge in [-0.05, 0) is 82.5 Å². The van der Waals surface area contributed by atoms with Crippen LogP contribution in [0, 0.1) is 0 Å². The largest absolute Gasteiger partial charge is 0.497 e. The number of methoxy groups -OCH3 is 1. The number of aliphatic carboxylic acids is 1. The lowest BCUT2D eigenvalue weighted by Crippen LogP contribution is -2.44. The molecule has 0 unspecified atom stereocenters. The first-order valence-corrected chi connectivity index (χ1v) is 14.3. The number of ether oxygens (including phenoxy) is 4. The van der Waals surface area contributed by atoms with Gasteiger partial charge in [0.2, 0.25) is 0 Å². The number of carboxylic acids is 1. The molecule has 0 aliphatic carbocycles. The molecule has 1 aliphatic heterocycles. The van der Waals surface area contributed by atoms with Gasteiger partial charge in [0.1, 0.15) is 28.7 Å². The smallest absolute Gasteiger partial charge is 0.347 e. The van der Waals surface area contributed by atoms with Crippen LogP contribution in [0.15, 0.2) is 54.9 Å². The fourth-order valence-electron chi connectivity index (χ4n) is 4.98. The summed E-state index contributed by atoms with van der Waals surface area (Å²) >= 11 is 0. The maximum Gasteiger partial charge on any atom is 0.347 e. The maximum atomic E-state index is 13.2. The van der Waals surface area contributed by atoms with Gasteiger partial charge < -0.3 is 33.9 Å². The molecule has 3 aromatic rings. The van der Waals surface area contributed by atoms with Gasteiger partial charge in [0, 0.05) is 49.7 Å². The van der Waals surface area contributed by atoms with Crippen molar-refractivity contribution < 1.29 is 33.6 Å². The molecule has 2 heterocycles. The number of carboxylic acid groups (broad SMARTS) is 1. The lowest BCUT2D eigenvalue weighted by atomic mass is 10.0. The number of hydrogen-bond acceptors (Lipinski definition) is 7. The number of nitrogens with one attached hydrogen (secondary N) is 1. The Morgan fingerprint density at radius 1 is 0.952 bits per heavy atom. The Morgan fingerprint density at radius 2 is 1.55 bits per heavy atom. The van der Waals surface area contributed by atoms with Crippen LogP contribution in [0.25, 0.3) is 5.69 Å². The van der Waals surface area contributed by atoms with Gasteiger partial charge in [-0.15, -0.1) is 0 Å². The van der Waals surface area contributed by atoms with E-state index in [-0.39, 0.29) is 17.7 Å². The molecule has 1 aliphatic rings. The average molecular weight is 580 g/mol. The van der Waals surface area contributed by atoms with Crippen LogP contribution in [-0.4, -0.2) is 71.5 Å². The third kappa shape index (κ3) is 7.55. The molecule has 1 amide bonds. The summed E-state index contributed by atoms with van der Waals surface area (Å²) in [5.74, 6) is 0.865. The highest BCUT2D eigenvalue weighted by atomic mass is 16.5. The number of nitrogens with zero attached hydrogens (tertiary/aromatic N) is 2. The Labute approximate surface area is 247 Å². The number of hydrogen-bond donors (Lipinski definition) is 2. The van der Waals surface area contributed by atoms with Crippen molar-refractivity contribution in [1.82, 2.24) is 14.8 Å². The second kappa shape index (κ2) is 13.7. The summed E-state index contributed by atoms with van der Waals surface area (Å²) in [4.78, 5) is 27.0. The van der Waals surface area contributed by atoms with Crippen molar-refractivity contribution in [3.63, 3.8) is 0 Å². The summed E-state index contributed by atoms with van der Waals surface area (Å²) in [6.45, 7) is 10.3. The highest BCUT2D eigenvalue weighted by Crippen LogP contribution is 2.35. The van der Waals surface area contributed by atoms with Gasteiger partial charge in [-0.25, -0.2) is 4.79 Å². The molecule has 1 fully saturated rings. The summed E-state index contributed by atoms with van der Waals surface area (Å²) in [7, 11) is 1.49. The molecule has 0 spiro atoms. The lowest BCUT2D eigenvalue weighted by molar-refractivity contribution is -0.152. The molecular formula is C32H41N3O7. The van der Waals surface area contributed by atoms with E-state index in [4.69, 9.17) is 18.9 Å². The topological polar surface area (TPSA) is 111 Å². The minimum absolute atomic E-state index is 0.00821. The van der Waals surface area contributed by atoms with Crippen LogP contribution in [0.2, 0.25) is 0 Å². The van der Waals surface area contributed by atoms with Crippen molar-refractivity contribution >= 4 is 11.9 Å². The van der Waals surface area contributed by atoms with Gasteiger partial charge in [-0.1, -0.05) is 0 Å². The number of aromatic nitrogens is 1. The van der Waals surface area contributed by atoms with Crippen molar-refractivity contribution in [1.29, 1.82) is 0 Å². The summed E-state index contributed by atoms with van der Waals surface area (Å²) in [6.07, 6.45) is 5.55. The van der Waals surface area contributed by atoms with Crippen LogP contribution < -0.4 is 24.3 Å². The number of amides is 1. The number of benzene rings is 2. The van der Waals surface area contributed by atoms with Gasteiger partial charge in [0.05, 0.1) is 20.3 Å². The van der Waals surface area contributed by atoms with Crippen molar-refractivity contribution in [3.8, 4) is 28.7 Å². The van der Waals surface area contributed by atoms with Gasteiger partial charge in [0.15, 0.2) is 5.60 Å². The molecule has 2 N–H and O–H groups in total. The van der Waals surface area contributed by atoms with Gasteiger partial charge in [0.25, 0.3) is 5.91 Å². The van der Waals surface area contributed by atoms with Crippen LogP contribution in [0.1, 0.15) is 56.5 Å². The van der Waals surface area contributed by atoms with Crippen LogP contribution in [-0.2, 0) is 11.3 Å². The predicted octanol–water partition coefficient (Wildman–Crippen LogP) is 4.92. The van der Waals surface area contributed by atoms with Crippen LogP contribution in [0.4, 0.5) is 0 Å². The van der Waals surface area contributed by atoms with E-state index in [1.54, 1.807) is 18.2 Å². The SMILES string of the molecule is CCOc1cc(CN2CCC(NC(=O)c3cc(OC)cc(OC(C)(C)C(=O)O)c3)CC2)cc(OCC)c1-n1cccc1. The van der Waals surface area contributed by atoms with Crippen molar-refractivity contribution in [2.75, 3.05) is 33.4 Å². The zero-order valence-electron chi connectivity index (χ0n) is 25.0. The molecule has 2 aromatic carbocycles. The van der Waals surface area contributed by atoms with Crippen molar-refractivity contribution in [3.05, 3.63) is 66.0 Å². The number of carbonyl (C=O) groups excluding carboxylic acids is 1. The third-order valence-electron chi connectivity index (χ3n) is 7.16. The van der Waals surface area contributed by atoms with Gasteiger partial charge >= 0.3 is 5.97 Å². The van der Waals surface area contributed by atoms with E-state index in [0.29, 0.717) is 24.5 Å². The second-order valence-electron chi connectivity index (χ2n) is 10.7. The molecule has 0 bridgehead atoms. The average Bonchev–Trinajstić information content (AvgIpc) is 3.48. The predicted molar refractivity (Wildman–Crippen MR) is 159 cm³/mol. The zero-order valence-corrected chi connectivity index (χ0v) is 25.0. The molecular weight excluding hydrogens is 538 g/mol. The highest BCUT2D eigenvalue weighted by Gasteiger charge is 2.30. The molecule has 10 nitrogen and oxygen atoms in total. The summed E-state index contributed by atoms with van der Waals surface area (Å²) < 4.78 is 25.0. The second-order valence-corrected chi connectivity index (χ2v) is 10.7. The number of carbonyl (C=O) groups is 2. The maximum absolute atomic E-state index is 13.2. The Bertz CT molecular complexity index is 1340. The van der Waals surface area contributed by atoms with E-state index < -0.39 is 11.6 Å². The Hall–Kier alpha value is -4.18. The van der Waals surface area contributed by atoms with Crippen LogP contribution >= 0.6 is 0 Å². The van der Waals surface area contributed by atoms with Gasteiger partial charge in [-0.2, -0.15) is 0 Å². The molecule has 0 radical (unpaired) electrons. The summed E-state index contributed by atoms with van der Waals surface area (Å²) in [5, 5.41) is 12.5. The molecule has 1 saturated heterocycles.